The molecule has 4 rings (SSSR count). The third kappa shape index (κ3) is 6.85. The molecule has 1 fully saturated rings. The van der Waals surface area contributed by atoms with Gasteiger partial charge in [0, 0.05) is 18.7 Å². The highest BCUT2D eigenvalue weighted by Gasteiger charge is 2.35. The van der Waals surface area contributed by atoms with Crippen LogP contribution in [-0.2, 0) is 22.6 Å². The first-order valence-electron chi connectivity index (χ1n) is 12.4. The molecule has 3 aromatic rings. The SMILES string of the molecule is CCOc1cc(/C=N/NC(=O)[C@H]2CC(=O)N(c3ccc(CC)cc3)C2)ccc1OCc1ccc(Cl)c(Cl)c1. The number of carbonyl (C=O) groups is 2. The normalized spacial score (nSPS) is 15.2. The molecule has 0 unspecified atom stereocenters. The van der Waals surface area contributed by atoms with Crippen molar-refractivity contribution in [3.05, 3.63) is 87.4 Å². The first kappa shape index (κ1) is 27.5. The summed E-state index contributed by atoms with van der Waals surface area (Å²) >= 11 is 12.1. The van der Waals surface area contributed by atoms with Gasteiger partial charge in [0.2, 0.25) is 11.8 Å². The molecule has 2 amide bonds. The van der Waals surface area contributed by atoms with Gasteiger partial charge < -0.3 is 14.4 Å². The van der Waals surface area contributed by atoms with E-state index in [0.717, 1.165) is 23.2 Å². The van der Waals surface area contributed by atoms with Crippen LogP contribution in [-0.4, -0.2) is 31.2 Å². The number of hydrogen-bond donors (Lipinski definition) is 1. The highest BCUT2D eigenvalue weighted by atomic mass is 35.5. The van der Waals surface area contributed by atoms with Crippen LogP contribution in [0.5, 0.6) is 11.5 Å². The largest absolute Gasteiger partial charge is 0.490 e. The first-order valence-corrected chi connectivity index (χ1v) is 13.2. The van der Waals surface area contributed by atoms with Gasteiger partial charge in [0.05, 0.1) is 28.8 Å². The number of carbonyl (C=O) groups excluding carboxylic acids is 2. The maximum absolute atomic E-state index is 12.7. The average Bonchev–Trinajstić information content (AvgIpc) is 3.32. The topological polar surface area (TPSA) is 80.2 Å². The Hall–Kier alpha value is -3.55. The molecular formula is C29H29Cl2N3O4. The van der Waals surface area contributed by atoms with Gasteiger partial charge in [0.1, 0.15) is 6.61 Å². The van der Waals surface area contributed by atoms with Crippen molar-refractivity contribution in [2.24, 2.45) is 11.0 Å². The lowest BCUT2D eigenvalue weighted by Gasteiger charge is -2.16. The van der Waals surface area contributed by atoms with E-state index in [1.54, 1.807) is 29.2 Å². The van der Waals surface area contributed by atoms with Crippen molar-refractivity contribution in [2.75, 3.05) is 18.1 Å². The summed E-state index contributed by atoms with van der Waals surface area (Å²) in [5, 5.41) is 5.05. The van der Waals surface area contributed by atoms with Crippen LogP contribution in [0, 0.1) is 5.92 Å². The molecule has 9 heteroatoms. The van der Waals surface area contributed by atoms with E-state index in [0.29, 0.717) is 41.3 Å². The molecule has 0 radical (unpaired) electrons. The summed E-state index contributed by atoms with van der Waals surface area (Å²) in [5.41, 5.74) is 6.15. The molecule has 0 bridgehead atoms. The molecular weight excluding hydrogens is 525 g/mol. The smallest absolute Gasteiger partial charge is 0.245 e. The van der Waals surface area contributed by atoms with Crippen LogP contribution in [0.2, 0.25) is 10.0 Å². The number of ether oxygens (including phenoxy) is 2. The van der Waals surface area contributed by atoms with Gasteiger partial charge in [-0.1, -0.05) is 48.3 Å². The Kier molecular flexibility index (Phi) is 9.26. The summed E-state index contributed by atoms with van der Waals surface area (Å²) in [6.45, 7) is 5.03. The van der Waals surface area contributed by atoms with Crippen LogP contribution in [0.1, 0.15) is 37.0 Å². The number of rotatable bonds is 10. The van der Waals surface area contributed by atoms with Crippen LogP contribution in [0.25, 0.3) is 0 Å². The summed E-state index contributed by atoms with van der Waals surface area (Å²) in [5.74, 6) is 0.274. The first-order chi connectivity index (χ1) is 18.4. The number of benzene rings is 3. The Morgan fingerprint density at radius 1 is 1.00 bits per heavy atom. The molecule has 3 aromatic carbocycles. The van der Waals surface area contributed by atoms with E-state index in [1.807, 2.05) is 43.3 Å². The number of nitrogens with one attached hydrogen (secondary N) is 1. The molecule has 1 aliphatic rings. The maximum atomic E-state index is 12.7. The maximum Gasteiger partial charge on any atom is 0.245 e. The van der Waals surface area contributed by atoms with Crippen LogP contribution in [0.4, 0.5) is 5.69 Å². The highest BCUT2D eigenvalue weighted by Crippen LogP contribution is 2.30. The molecule has 1 heterocycles. The molecule has 1 aliphatic heterocycles. The van der Waals surface area contributed by atoms with Crippen molar-refractivity contribution in [3.8, 4) is 11.5 Å². The molecule has 0 aliphatic carbocycles. The van der Waals surface area contributed by atoms with Gasteiger partial charge in [-0.3, -0.25) is 9.59 Å². The Bertz CT molecular complexity index is 1330. The summed E-state index contributed by atoms with van der Waals surface area (Å²) in [6, 6.07) is 18.5. The number of halogens is 2. The van der Waals surface area contributed by atoms with Crippen molar-refractivity contribution < 1.29 is 19.1 Å². The lowest BCUT2D eigenvalue weighted by molar-refractivity contribution is -0.126. The Morgan fingerprint density at radius 3 is 2.47 bits per heavy atom. The Morgan fingerprint density at radius 2 is 1.76 bits per heavy atom. The monoisotopic (exact) mass is 553 g/mol. The quantitative estimate of drug-likeness (QED) is 0.245. The third-order valence-electron chi connectivity index (χ3n) is 6.19. The van der Waals surface area contributed by atoms with E-state index in [-0.39, 0.29) is 18.2 Å². The summed E-state index contributed by atoms with van der Waals surface area (Å²) in [6.07, 6.45) is 2.61. The van der Waals surface area contributed by atoms with Crippen LogP contribution in [0.15, 0.2) is 65.8 Å². The zero-order valence-corrected chi connectivity index (χ0v) is 22.8. The van der Waals surface area contributed by atoms with Crippen LogP contribution >= 0.6 is 23.2 Å². The molecule has 1 saturated heterocycles. The molecule has 0 aromatic heterocycles. The molecule has 1 N–H and O–H groups in total. The predicted molar refractivity (Wildman–Crippen MR) is 150 cm³/mol. The number of anilines is 1. The van der Waals surface area contributed by atoms with E-state index in [4.69, 9.17) is 32.7 Å². The molecule has 1 atom stereocenters. The minimum absolute atomic E-state index is 0.0730. The fraction of sp³-hybridized carbons (Fsp3) is 0.276. The zero-order valence-electron chi connectivity index (χ0n) is 21.2. The molecule has 0 spiro atoms. The number of nitrogens with zero attached hydrogens (tertiary/aromatic N) is 2. The summed E-state index contributed by atoms with van der Waals surface area (Å²) in [7, 11) is 0. The number of amides is 2. The second-order valence-electron chi connectivity index (χ2n) is 8.84. The molecule has 7 nitrogen and oxygen atoms in total. The van der Waals surface area contributed by atoms with Crippen molar-refractivity contribution in [2.45, 2.75) is 33.3 Å². The average molecular weight is 554 g/mol. The van der Waals surface area contributed by atoms with Crippen LogP contribution in [0.3, 0.4) is 0 Å². The second-order valence-corrected chi connectivity index (χ2v) is 9.65. The zero-order chi connectivity index (χ0) is 27.1. The van der Waals surface area contributed by atoms with Gasteiger partial charge in [-0.2, -0.15) is 5.10 Å². The number of hydrogen-bond acceptors (Lipinski definition) is 5. The van der Waals surface area contributed by atoms with Crippen molar-refractivity contribution in [1.29, 1.82) is 0 Å². The lowest BCUT2D eigenvalue weighted by atomic mass is 10.1. The lowest BCUT2D eigenvalue weighted by Crippen LogP contribution is -2.30. The van der Waals surface area contributed by atoms with Crippen molar-refractivity contribution >= 4 is 46.9 Å². The minimum Gasteiger partial charge on any atom is -0.490 e. The second kappa shape index (κ2) is 12.8. The summed E-state index contributed by atoms with van der Waals surface area (Å²) < 4.78 is 11.7. The van der Waals surface area contributed by atoms with Crippen molar-refractivity contribution in [3.63, 3.8) is 0 Å². The van der Waals surface area contributed by atoms with Crippen molar-refractivity contribution in [1.82, 2.24) is 5.43 Å². The van der Waals surface area contributed by atoms with Gasteiger partial charge >= 0.3 is 0 Å². The van der Waals surface area contributed by atoms with Crippen LogP contribution < -0.4 is 19.8 Å². The van der Waals surface area contributed by atoms with E-state index in [2.05, 4.69) is 17.5 Å². The van der Waals surface area contributed by atoms with Gasteiger partial charge in [-0.25, -0.2) is 5.43 Å². The molecule has 0 saturated carbocycles. The highest BCUT2D eigenvalue weighted by molar-refractivity contribution is 6.42. The van der Waals surface area contributed by atoms with E-state index >= 15 is 0 Å². The standard InChI is InChI=1S/C29H29Cl2N3O4/c1-3-19-5-9-23(10-6-19)34-17-22(15-28(34)35)29(36)33-32-16-20-8-12-26(27(14-20)37-4-2)38-18-21-7-11-24(30)25(31)13-21/h5-14,16,22H,3-4,15,17-18H2,1-2H3,(H,33,36)/b32-16+/t22-/m0/s1. The third-order valence-corrected chi connectivity index (χ3v) is 6.93. The van der Waals surface area contributed by atoms with E-state index < -0.39 is 5.92 Å². The number of hydrazone groups is 1. The Labute approximate surface area is 232 Å². The number of aryl methyl sites for hydroxylation is 1. The van der Waals surface area contributed by atoms with E-state index in [9.17, 15) is 9.59 Å². The van der Waals surface area contributed by atoms with Gasteiger partial charge in [0.25, 0.3) is 0 Å². The summed E-state index contributed by atoms with van der Waals surface area (Å²) in [4.78, 5) is 26.8. The van der Waals surface area contributed by atoms with E-state index in [1.165, 1.54) is 11.8 Å². The van der Waals surface area contributed by atoms with Gasteiger partial charge in [-0.15, -0.1) is 0 Å². The molecule has 38 heavy (non-hydrogen) atoms. The minimum atomic E-state index is -0.471. The van der Waals surface area contributed by atoms with Gasteiger partial charge in [0.15, 0.2) is 11.5 Å². The predicted octanol–water partition coefficient (Wildman–Crippen LogP) is 6.04. The molecule has 198 valence electrons. The fourth-order valence-electron chi connectivity index (χ4n) is 4.09. The Balaban J connectivity index is 1.35. The fourth-order valence-corrected chi connectivity index (χ4v) is 4.41. The van der Waals surface area contributed by atoms with Gasteiger partial charge in [-0.05, 0) is 72.5 Å².